The van der Waals surface area contributed by atoms with Gasteiger partial charge < -0.3 is 15.5 Å². The van der Waals surface area contributed by atoms with Gasteiger partial charge in [0.15, 0.2) is 0 Å². The van der Waals surface area contributed by atoms with E-state index in [1.165, 1.54) is 44.3 Å². The molecular formula is C24H35Cl2F2N3O. The Bertz CT molecular complexity index is 774. The summed E-state index contributed by atoms with van der Waals surface area (Å²) in [7, 11) is 0. The summed E-state index contributed by atoms with van der Waals surface area (Å²) in [5.41, 5.74) is 1.86. The molecule has 1 amide bonds. The van der Waals surface area contributed by atoms with Gasteiger partial charge in [-0.3, -0.25) is 4.79 Å². The highest BCUT2D eigenvalue weighted by atomic mass is 35.5. The zero-order valence-electron chi connectivity index (χ0n) is 18.4. The molecule has 1 aromatic carbocycles. The predicted molar refractivity (Wildman–Crippen MR) is 128 cm³/mol. The third-order valence-electron chi connectivity index (χ3n) is 7.46. The Morgan fingerprint density at radius 2 is 1.66 bits per heavy atom. The van der Waals surface area contributed by atoms with Crippen LogP contribution in [0.1, 0.15) is 79.6 Å². The maximum absolute atomic E-state index is 13.3. The standard InChI is InChI=1S/C24H33F2N3O.2ClH/c25-24(26)10-6-18(7-11-24)28-23(30)17-3-1-2-16(14-17)21-15-22(21)27-19-8-12-29(13-9-19)20-4-5-20;;/h1-3,14,18-22,27H,4-13,15H2,(H,28,30);2*1H. The molecule has 2 atom stereocenters. The molecule has 8 heteroatoms. The van der Waals surface area contributed by atoms with Crippen molar-refractivity contribution >= 4 is 30.7 Å². The number of carbonyl (C=O) groups is 1. The monoisotopic (exact) mass is 489 g/mol. The molecule has 5 rings (SSSR count). The van der Waals surface area contributed by atoms with E-state index in [-0.39, 0.29) is 49.6 Å². The van der Waals surface area contributed by atoms with Crippen molar-refractivity contribution < 1.29 is 13.6 Å². The van der Waals surface area contributed by atoms with Crippen molar-refractivity contribution in [3.8, 4) is 0 Å². The molecule has 2 unspecified atom stereocenters. The molecule has 0 aromatic heterocycles. The molecule has 4 aliphatic rings. The van der Waals surface area contributed by atoms with Gasteiger partial charge in [0, 0.05) is 48.5 Å². The summed E-state index contributed by atoms with van der Waals surface area (Å²) in [5, 5.41) is 6.81. The van der Waals surface area contributed by atoms with E-state index in [1.54, 1.807) is 0 Å². The molecule has 0 radical (unpaired) electrons. The van der Waals surface area contributed by atoms with Gasteiger partial charge in [-0.2, -0.15) is 0 Å². The van der Waals surface area contributed by atoms with Crippen molar-refractivity contribution in [2.45, 2.75) is 93.8 Å². The Morgan fingerprint density at radius 1 is 0.969 bits per heavy atom. The van der Waals surface area contributed by atoms with Crippen LogP contribution in [0, 0.1) is 0 Å². The first-order valence-electron chi connectivity index (χ1n) is 11.8. The number of piperidine rings is 1. The second-order valence-electron chi connectivity index (χ2n) is 9.89. The van der Waals surface area contributed by atoms with E-state index in [9.17, 15) is 13.6 Å². The van der Waals surface area contributed by atoms with E-state index in [1.807, 2.05) is 18.2 Å². The summed E-state index contributed by atoms with van der Waals surface area (Å²) in [6.07, 6.45) is 6.83. The van der Waals surface area contributed by atoms with Crippen LogP contribution in [0.3, 0.4) is 0 Å². The van der Waals surface area contributed by atoms with E-state index in [0.717, 1.165) is 12.5 Å². The lowest BCUT2D eigenvalue weighted by molar-refractivity contribution is -0.0399. The van der Waals surface area contributed by atoms with Crippen LogP contribution in [0.2, 0.25) is 0 Å². The first-order chi connectivity index (χ1) is 14.5. The molecule has 4 nitrogen and oxygen atoms in total. The minimum Gasteiger partial charge on any atom is -0.349 e. The highest BCUT2D eigenvalue weighted by Gasteiger charge is 2.41. The molecule has 1 saturated heterocycles. The van der Waals surface area contributed by atoms with Crippen LogP contribution in [0.5, 0.6) is 0 Å². The van der Waals surface area contributed by atoms with Gasteiger partial charge in [-0.25, -0.2) is 8.78 Å². The molecule has 3 saturated carbocycles. The van der Waals surface area contributed by atoms with E-state index in [4.69, 9.17) is 0 Å². The minimum atomic E-state index is -2.57. The van der Waals surface area contributed by atoms with Gasteiger partial charge >= 0.3 is 0 Å². The average molecular weight is 490 g/mol. The number of likely N-dealkylation sites (tertiary alicyclic amines) is 1. The van der Waals surface area contributed by atoms with Gasteiger partial charge in [-0.15, -0.1) is 24.8 Å². The fourth-order valence-corrected chi connectivity index (χ4v) is 5.29. The molecule has 1 aromatic rings. The number of hydrogen-bond acceptors (Lipinski definition) is 3. The van der Waals surface area contributed by atoms with Gasteiger partial charge in [-0.05, 0) is 75.7 Å². The molecular weight excluding hydrogens is 455 g/mol. The van der Waals surface area contributed by atoms with Crippen molar-refractivity contribution in [2.75, 3.05) is 13.1 Å². The first kappa shape index (κ1) is 25.7. The maximum atomic E-state index is 13.3. The van der Waals surface area contributed by atoms with Crippen molar-refractivity contribution in [1.29, 1.82) is 0 Å². The number of nitrogens with one attached hydrogen (secondary N) is 2. The minimum absolute atomic E-state index is 0. The first-order valence-corrected chi connectivity index (χ1v) is 11.8. The lowest BCUT2D eigenvalue weighted by Crippen LogP contribution is -2.44. The highest BCUT2D eigenvalue weighted by molar-refractivity contribution is 5.94. The number of hydrogen-bond donors (Lipinski definition) is 2. The van der Waals surface area contributed by atoms with E-state index in [0.29, 0.717) is 36.4 Å². The van der Waals surface area contributed by atoms with Crippen LogP contribution in [-0.2, 0) is 0 Å². The van der Waals surface area contributed by atoms with Gasteiger partial charge in [0.2, 0.25) is 5.92 Å². The third kappa shape index (κ3) is 6.34. The van der Waals surface area contributed by atoms with Gasteiger partial charge in [0.25, 0.3) is 5.91 Å². The molecule has 0 spiro atoms. The topological polar surface area (TPSA) is 44.4 Å². The molecule has 0 bridgehead atoms. The summed E-state index contributed by atoms with van der Waals surface area (Å²) < 4.78 is 26.7. The molecule has 2 N–H and O–H groups in total. The Labute approximate surface area is 202 Å². The number of alkyl halides is 2. The number of amides is 1. The Morgan fingerprint density at radius 3 is 2.31 bits per heavy atom. The summed E-state index contributed by atoms with van der Waals surface area (Å²) in [6.45, 7) is 2.45. The maximum Gasteiger partial charge on any atom is 0.251 e. The lowest BCUT2D eigenvalue weighted by Gasteiger charge is -2.32. The van der Waals surface area contributed by atoms with Crippen LogP contribution in [0.15, 0.2) is 24.3 Å². The van der Waals surface area contributed by atoms with Gasteiger partial charge in [0.1, 0.15) is 0 Å². The zero-order chi connectivity index (χ0) is 20.7. The van der Waals surface area contributed by atoms with Crippen molar-refractivity contribution in [3.05, 3.63) is 35.4 Å². The number of benzene rings is 1. The van der Waals surface area contributed by atoms with Crippen molar-refractivity contribution in [2.24, 2.45) is 0 Å². The molecule has 3 aliphatic carbocycles. The largest absolute Gasteiger partial charge is 0.349 e. The fraction of sp³-hybridized carbons (Fsp3) is 0.708. The fourth-order valence-electron chi connectivity index (χ4n) is 5.29. The molecule has 4 fully saturated rings. The summed E-state index contributed by atoms with van der Waals surface area (Å²) in [6, 6.07) is 9.75. The van der Waals surface area contributed by atoms with Crippen LogP contribution in [0.25, 0.3) is 0 Å². The van der Waals surface area contributed by atoms with E-state index < -0.39 is 5.92 Å². The quantitative estimate of drug-likeness (QED) is 0.596. The van der Waals surface area contributed by atoms with Crippen LogP contribution in [-0.4, -0.2) is 54.0 Å². The van der Waals surface area contributed by atoms with E-state index >= 15 is 0 Å². The van der Waals surface area contributed by atoms with Crippen LogP contribution in [0.4, 0.5) is 8.78 Å². The number of carbonyl (C=O) groups excluding carboxylic acids is 1. The second-order valence-corrected chi connectivity index (χ2v) is 9.89. The van der Waals surface area contributed by atoms with Crippen molar-refractivity contribution in [1.82, 2.24) is 15.5 Å². The summed E-state index contributed by atoms with van der Waals surface area (Å²) in [4.78, 5) is 15.3. The smallest absolute Gasteiger partial charge is 0.251 e. The van der Waals surface area contributed by atoms with Crippen molar-refractivity contribution in [3.63, 3.8) is 0 Å². The van der Waals surface area contributed by atoms with Crippen LogP contribution >= 0.6 is 24.8 Å². The number of halogens is 4. The average Bonchev–Trinajstić information content (AvgIpc) is 3.65. The zero-order valence-corrected chi connectivity index (χ0v) is 20.0. The van der Waals surface area contributed by atoms with E-state index in [2.05, 4.69) is 21.6 Å². The number of nitrogens with zero attached hydrogens (tertiary/aromatic N) is 1. The number of rotatable bonds is 6. The molecule has 180 valence electrons. The third-order valence-corrected chi connectivity index (χ3v) is 7.46. The predicted octanol–water partition coefficient (Wildman–Crippen LogP) is 4.91. The van der Waals surface area contributed by atoms with Crippen LogP contribution < -0.4 is 10.6 Å². The van der Waals surface area contributed by atoms with Gasteiger partial charge in [0.05, 0.1) is 0 Å². The SMILES string of the molecule is Cl.Cl.O=C(NC1CCC(F)(F)CC1)c1cccc(C2CC2NC2CCN(C3CC3)CC2)c1. The second kappa shape index (κ2) is 10.5. The normalized spacial score (nSPS) is 28.3. The summed E-state index contributed by atoms with van der Waals surface area (Å²) in [5.74, 6) is -2.22. The highest BCUT2D eigenvalue weighted by Crippen LogP contribution is 2.42. The Hall–Kier alpha value is -0.950. The lowest BCUT2D eigenvalue weighted by atomic mass is 9.92. The Balaban J connectivity index is 0.00000144. The molecule has 32 heavy (non-hydrogen) atoms. The molecule has 1 aliphatic heterocycles. The summed E-state index contributed by atoms with van der Waals surface area (Å²) >= 11 is 0. The molecule has 1 heterocycles. The Kier molecular flexibility index (Phi) is 8.46. The van der Waals surface area contributed by atoms with Gasteiger partial charge in [-0.1, -0.05) is 12.1 Å².